The van der Waals surface area contributed by atoms with Crippen LogP contribution in [0.5, 0.6) is 0 Å². The molecule has 5 nitrogen and oxygen atoms in total. The first kappa shape index (κ1) is 13.3. The number of rotatable bonds is 3. The standard InChI is InChI=1S/C16H15N3O2/c1-12-15(10-20)17-11-19(12)14-7-5-13(6-8-14)18-9-3-2-4-16(18)21/h2-9,11,20H,10H2,1H3. The minimum absolute atomic E-state index is 0.0633. The Morgan fingerprint density at radius 3 is 2.29 bits per heavy atom. The van der Waals surface area contributed by atoms with E-state index in [2.05, 4.69) is 4.98 Å². The number of aliphatic hydroxyl groups excluding tert-OH is 1. The second-order valence-electron chi connectivity index (χ2n) is 4.73. The molecule has 0 bridgehead atoms. The predicted octanol–water partition coefficient (Wildman–Crippen LogP) is 1.82. The third-order valence-electron chi connectivity index (χ3n) is 3.49. The van der Waals surface area contributed by atoms with Gasteiger partial charge in [-0.2, -0.15) is 0 Å². The fourth-order valence-corrected chi connectivity index (χ4v) is 2.28. The first-order chi connectivity index (χ1) is 10.2. The first-order valence-electron chi connectivity index (χ1n) is 6.63. The van der Waals surface area contributed by atoms with Gasteiger partial charge in [-0.15, -0.1) is 0 Å². The second-order valence-corrected chi connectivity index (χ2v) is 4.73. The molecule has 21 heavy (non-hydrogen) atoms. The molecule has 0 saturated heterocycles. The first-order valence-corrected chi connectivity index (χ1v) is 6.63. The quantitative estimate of drug-likeness (QED) is 0.796. The van der Waals surface area contributed by atoms with Gasteiger partial charge in [-0.1, -0.05) is 6.07 Å². The summed E-state index contributed by atoms with van der Waals surface area (Å²) in [6, 6.07) is 12.7. The Morgan fingerprint density at radius 2 is 1.71 bits per heavy atom. The van der Waals surface area contributed by atoms with Gasteiger partial charge in [0.1, 0.15) is 0 Å². The third kappa shape index (κ3) is 2.39. The Morgan fingerprint density at radius 1 is 1.05 bits per heavy atom. The zero-order valence-electron chi connectivity index (χ0n) is 11.6. The molecular weight excluding hydrogens is 266 g/mol. The van der Waals surface area contributed by atoms with Gasteiger partial charge in [0.25, 0.3) is 5.56 Å². The van der Waals surface area contributed by atoms with E-state index >= 15 is 0 Å². The number of aliphatic hydroxyl groups is 1. The summed E-state index contributed by atoms with van der Waals surface area (Å²) in [5.74, 6) is 0. The van der Waals surface area contributed by atoms with E-state index in [1.807, 2.05) is 41.8 Å². The summed E-state index contributed by atoms with van der Waals surface area (Å²) < 4.78 is 3.49. The van der Waals surface area contributed by atoms with Crippen LogP contribution in [0.15, 0.2) is 59.8 Å². The van der Waals surface area contributed by atoms with E-state index in [4.69, 9.17) is 0 Å². The van der Waals surface area contributed by atoms with E-state index in [0.717, 1.165) is 17.1 Å². The topological polar surface area (TPSA) is 60.1 Å². The van der Waals surface area contributed by atoms with E-state index in [1.54, 1.807) is 23.2 Å². The van der Waals surface area contributed by atoms with Crippen LogP contribution in [0, 0.1) is 6.92 Å². The minimum Gasteiger partial charge on any atom is -0.390 e. The highest BCUT2D eigenvalue weighted by molar-refractivity contribution is 5.43. The highest BCUT2D eigenvalue weighted by atomic mass is 16.3. The van der Waals surface area contributed by atoms with E-state index in [9.17, 15) is 9.90 Å². The molecule has 0 aliphatic rings. The lowest BCUT2D eigenvalue weighted by molar-refractivity contribution is 0.276. The van der Waals surface area contributed by atoms with E-state index in [-0.39, 0.29) is 12.2 Å². The number of pyridine rings is 1. The van der Waals surface area contributed by atoms with Gasteiger partial charge in [0, 0.05) is 29.3 Å². The molecule has 1 N–H and O–H groups in total. The van der Waals surface area contributed by atoms with Gasteiger partial charge in [-0.3, -0.25) is 9.36 Å². The van der Waals surface area contributed by atoms with Gasteiger partial charge in [0.2, 0.25) is 0 Å². The van der Waals surface area contributed by atoms with Crippen molar-refractivity contribution in [2.24, 2.45) is 0 Å². The SMILES string of the molecule is Cc1c(CO)ncn1-c1ccc(-n2ccccc2=O)cc1. The van der Waals surface area contributed by atoms with Crippen molar-refractivity contribution < 1.29 is 5.11 Å². The maximum absolute atomic E-state index is 11.8. The molecule has 0 amide bonds. The summed E-state index contributed by atoms with van der Waals surface area (Å²) in [6.07, 6.45) is 3.42. The summed E-state index contributed by atoms with van der Waals surface area (Å²) in [4.78, 5) is 16.0. The van der Waals surface area contributed by atoms with Crippen molar-refractivity contribution in [3.8, 4) is 11.4 Å². The Hall–Kier alpha value is -2.66. The molecule has 106 valence electrons. The molecule has 0 aliphatic heterocycles. The summed E-state index contributed by atoms with van der Waals surface area (Å²) in [6.45, 7) is 1.84. The highest BCUT2D eigenvalue weighted by Crippen LogP contribution is 2.16. The zero-order chi connectivity index (χ0) is 14.8. The molecule has 0 aliphatic carbocycles. The van der Waals surface area contributed by atoms with Crippen molar-refractivity contribution in [3.63, 3.8) is 0 Å². The van der Waals surface area contributed by atoms with Crippen LogP contribution >= 0.6 is 0 Å². The number of hydrogen-bond donors (Lipinski definition) is 1. The molecule has 5 heteroatoms. The zero-order valence-corrected chi connectivity index (χ0v) is 11.6. The van der Waals surface area contributed by atoms with Gasteiger partial charge < -0.3 is 9.67 Å². The second kappa shape index (κ2) is 5.38. The monoisotopic (exact) mass is 281 g/mol. The van der Waals surface area contributed by atoms with Crippen LogP contribution in [-0.4, -0.2) is 19.2 Å². The number of imidazole rings is 1. The number of aromatic nitrogens is 3. The van der Waals surface area contributed by atoms with Gasteiger partial charge in [0.15, 0.2) is 0 Å². The third-order valence-corrected chi connectivity index (χ3v) is 3.49. The summed E-state index contributed by atoms with van der Waals surface area (Å²) in [5, 5.41) is 9.19. The molecule has 0 saturated carbocycles. The largest absolute Gasteiger partial charge is 0.390 e. The number of benzene rings is 1. The van der Waals surface area contributed by atoms with Crippen molar-refractivity contribution in [2.75, 3.05) is 0 Å². The Labute approximate surface area is 121 Å². The van der Waals surface area contributed by atoms with Gasteiger partial charge in [0.05, 0.1) is 18.6 Å². The lowest BCUT2D eigenvalue weighted by Gasteiger charge is -2.08. The summed E-state index contributed by atoms with van der Waals surface area (Å²) in [7, 11) is 0. The Kier molecular flexibility index (Phi) is 3.41. The molecule has 0 radical (unpaired) electrons. The lowest BCUT2D eigenvalue weighted by Crippen LogP contribution is -2.15. The highest BCUT2D eigenvalue weighted by Gasteiger charge is 2.07. The molecule has 2 heterocycles. The predicted molar refractivity (Wildman–Crippen MR) is 79.8 cm³/mol. The molecule has 0 atom stereocenters. The van der Waals surface area contributed by atoms with Crippen LogP contribution in [0.2, 0.25) is 0 Å². The van der Waals surface area contributed by atoms with E-state index in [0.29, 0.717) is 5.69 Å². The van der Waals surface area contributed by atoms with Crippen molar-refractivity contribution in [3.05, 3.63) is 76.7 Å². The number of hydrogen-bond acceptors (Lipinski definition) is 3. The van der Waals surface area contributed by atoms with Crippen LogP contribution in [0.4, 0.5) is 0 Å². The van der Waals surface area contributed by atoms with E-state index < -0.39 is 0 Å². The van der Waals surface area contributed by atoms with Gasteiger partial charge in [-0.05, 0) is 37.3 Å². The lowest BCUT2D eigenvalue weighted by atomic mass is 10.2. The minimum atomic E-state index is -0.0731. The van der Waals surface area contributed by atoms with Gasteiger partial charge in [-0.25, -0.2) is 4.98 Å². The van der Waals surface area contributed by atoms with Crippen molar-refractivity contribution in [1.29, 1.82) is 0 Å². The van der Waals surface area contributed by atoms with Gasteiger partial charge >= 0.3 is 0 Å². The number of nitrogens with zero attached hydrogens (tertiary/aromatic N) is 3. The average Bonchev–Trinajstić information content (AvgIpc) is 2.89. The summed E-state index contributed by atoms with van der Waals surface area (Å²) >= 11 is 0. The molecule has 3 aromatic rings. The maximum Gasteiger partial charge on any atom is 0.255 e. The van der Waals surface area contributed by atoms with Crippen LogP contribution in [0.3, 0.4) is 0 Å². The molecule has 0 fully saturated rings. The fraction of sp³-hybridized carbons (Fsp3) is 0.125. The molecule has 0 spiro atoms. The molecular formula is C16H15N3O2. The maximum atomic E-state index is 11.8. The van der Waals surface area contributed by atoms with Crippen LogP contribution < -0.4 is 5.56 Å². The average molecular weight is 281 g/mol. The van der Waals surface area contributed by atoms with Crippen molar-refractivity contribution >= 4 is 0 Å². The fourth-order valence-electron chi connectivity index (χ4n) is 2.28. The normalized spacial score (nSPS) is 10.8. The Balaban J connectivity index is 2.00. The smallest absolute Gasteiger partial charge is 0.255 e. The molecule has 2 aromatic heterocycles. The van der Waals surface area contributed by atoms with Crippen LogP contribution in [0.1, 0.15) is 11.4 Å². The molecule has 0 unspecified atom stereocenters. The van der Waals surface area contributed by atoms with Crippen molar-refractivity contribution in [2.45, 2.75) is 13.5 Å². The summed E-state index contributed by atoms with van der Waals surface area (Å²) in [5.41, 5.74) is 3.25. The van der Waals surface area contributed by atoms with E-state index in [1.165, 1.54) is 6.07 Å². The molecule has 3 rings (SSSR count). The van der Waals surface area contributed by atoms with Crippen LogP contribution in [-0.2, 0) is 6.61 Å². The van der Waals surface area contributed by atoms with Crippen molar-refractivity contribution in [1.82, 2.24) is 14.1 Å². The Bertz CT molecular complexity index is 816. The van der Waals surface area contributed by atoms with Crippen LogP contribution in [0.25, 0.3) is 11.4 Å². The molecule has 1 aromatic carbocycles.